The van der Waals surface area contributed by atoms with Gasteiger partial charge in [0.05, 0.1) is 38.6 Å². The van der Waals surface area contributed by atoms with Crippen LogP contribution >= 0.6 is 0 Å². The fourth-order valence-corrected chi connectivity index (χ4v) is 11.8. The number of carbonyl (C=O) groups is 1. The molecule has 0 aromatic rings. The third kappa shape index (κ3) is 36.4. The van der Waals surface area contributed by atoms with Crippen LogP contribution < -0.4 is 5.32 Å². The summed E-state index contributed by atoms with van der Waals surface area (Å²) >= 11 is 0. The molecule has 0 saturated carbocycles. The average molecular weight is 1320 g/mol. The van der Waals surface area contributed by atoms with E-state index in [0.717, 1.165) is 70.6 Å². The molecule has 17 atom stereocenters. The molecule has 0 radical (unpaired) electrons. The Balaban J connectivity index is 1.43. The van der Waals surface area contributed by atoms with Crippen molar-refractivity contribution in [3.63, 3.8) is 0 Å². The molecule has 0 aliphatic carbocycles. The number of aliphatic hydroxyl groups excluding tert-OH is 11. The molecule has 3 rings (SSSR count). The summed E-state index contributed by atoms with van der Waals surface area (Å²) in [6.45, 7) is 1.58. The predicted molar refractivity (Wildman–Crippen MR) is 364 cm³/mol. The van der Waals surface area contributed by atoms with Crippen molar-refractivity contribution in [2.75, 3.05) is 26.4 Å². The number of unbranched alkanes of at least 4 members (excludes halogenated alkanes) is 27. The van der Waals surface area contributed by atoms with Gasteiger partial charge in [-0.05, 0) is 77.0 Å². The lowest BCUT2D eigenvalue weighted by atomic mass is 9.96. The van der Waals surface area contributed by atoms with Crippen LogP contribution in [0, 0.1) is 0 Å². The van der Waals surface area contributed by atoms with Crippen LogP contribution in [0.4, 0.5) is 0 Å². The van der Waals surface area contributed by atoms with Gasteiger partial charge in [-0.1, -0.05) is 247 Å². The van der Waals surface area contributed by atoms with Crippen molar-refractivity contribution in [1.82, 2.24) is 5.32 Å². The second kappa shape index (κ2) is 54.9. The van der Waals surface area contributed by atoms with Gasteiger partial charge in [0.1, 0.15) is 73.2 Å². The van der Waals surface area contributed by atoms with E-state index in [-0.39, 0.29) is 18.9 Å². The zero-order chi connectivity index (χ0) is 67.5. The Hall–Kier alpha value is -3.03. The number of rotatable bonds is 55. The first kappa shape index (κ1) is 84.2. The number of amides is 1. The first-order valence-electron chi connectivity index (χ1n) is 36.3. The predicted octanol–water partition coefficient (Wildman–Crippen LogP) is 10.3. The van der Waals surface area contributed by atoms with Crippen LogP contribution in [-0.2, 0) is 33.2 Å². The van der Waals surface area contributed by atoms with Crippen molar-refractivity contribution in [1.29, 1.82) is 0 Å². The molecule has 0 aromatic heterocycles. The summed E-state index contributed by atoms with van der Waals surface area (Å²) < 4.78 is 34.3. The Kier molecular flexibility index (Phi) is 49.7. The van der Waals surface area contributed by atoms with E-state index in [1.807, 2.05) is 6.08 Å². The molecule has 19 heteroatoms. The molecular weight excluding hydrogens is 1190 g/mol. The maximum absolute atomic E-state index is 13.4. The number of carbonyl (C=O) groups excluding carboxylic acids is 1. The van der Waals surface area contributed by atoms with Gasteiger partial charge < -0.3 is 89.9 Å². The van der Waals surface area contributed by atoms with E-state index in [1.54, 1.807) is 6.08 Å². The fraction of sp³-hybridized carbons (Fsp3) is 0.797. The van der Waals surface area contributed by atoms with Crippen LogP contribution in [0.2, 0.25) is 0 Å². The number of hydrogen-bond acceptors (Lipinski definition) is 18. The van der Waals surface area contributed by atoms with Gasteiger partial charge >= 0.3 is 0 Å². The molecule has 93 heavy (non-hydrogen) atoms. The minimum Gasteiger partial charge on any atom is -0.394 e. The summed E-state index contributed by atoms with van der Waals surface area (Å²) in [6.07, 6.45) is 44.3. The van der Waals surface area contributed by atoms with E-state index < -0.39 is 124 Å². The van der Waals surface area contributed by atoms with E-state index in [9.17, 15) is 61.0 Å². The van der Waals surface area contributed by atoms with Crippen molar-refractivity contribution in [2.45, 2.75) is 349 Å². The van der Waals surface area contributed by atoms with E-state index in [1.165, 1.54) is 141 Å². The molecule has 0 bridgehead atoms. The third-order valence-electron chi connectivity index (χ3n) is 17.7. The minimum absolute atomic E-state index is 0.192. The summed E-state index contributed by atoms with van der Waals surface area (Å²) in [5.74, 6) is -0.318. The first-order chi connectivity index (χ1) is 45.3. The standard InChI is InChI=1S/C74H129NO18/c1-3-5-7-9-11-13-15-17-19-21-23-24-25-26-27-28-29-30-31-32-34-35-37-39-41-43-45-47-49-51-58(79)57(75-62(80)52-50-48-46-44-42-40-38-36-33-22-20-18-16-14-12-10-8-6-4-2)56-88-72-68(86)65(83)70(60(54-77)90-72)93-74-69(87)66(84)71(61(55-78)91-74)92-73-67(85)64(82)63(81)59(53-76)89-73/h6,8,12,14,18,20,33,36,40-43,49,51,57-61,63-74,76-79,81-87H,3-5,7,9-11,13,15-17,19,21-32,34-35,37-39,44-48,50,52-56H2,1-2H3,(H,75,80)/b8-6-,14-12-,20-18-,36-33-,42-40-,43-41+,51-49+. The lowest BCUT2D eigenvalue weighted by Crippen LogP contribution is -2.66. The van der Waals surface area contributed by atoms with Crippen LogP contribution in [0.25, 0.3) is 0 Å². The molecule has 0 spiro atoms. The molecule has 17 unspecified atom stereocenters. The zero-order valence-electron chi connectivity index (χ0n) is 57.0. The molecule has 3 aliphatic rings. The van der Waals surface area contributed by atoms with Crippen molar-refractivity contribution in [3.05, 3.63) is 85.1 Å². The second-order valence-electron chi connectivity index (χ2n) is 25.7. The van der Waals surface area contributed by atoms with Gasteiger partial charge in [0.2, 0.25) is 5.91 Å². The Morgan fingerprint density at radius 1 is 0.398 bits per heavy atom. The Morgan fingerprint density at radius 3 is 1.20 bits per heavy atom. The highest BCUT2D eigenvalue weighted by Crippen LogP contribution is 2.33. The van der Waals surface area contributed by atoms with Crippen molar-refractivity contribution in [3.8, 4) is 0 Å². The second-order valence-corrected chi connectivity index (χ2v) is 25.7. The number of nitrogens with one attached hydrogen (secondary N) is 1. The van der Waals surface area contributed by atoms with E-state index in [2.05, 4.69) is 92.1 Å². The van der Waals surface area contributed by atoms with Gasteiger partial charge in [-0.2, -0.15) is 0 Å². The Bertz CT molecular complexity index is 2010. The number of hydrogen-bond donors (Lipinski definition) is 12. The number of allylic oxidation sites excluding steroid dienone is 13. The van der Waals surface area contributed by atoms with Crippen LogP contribution in [0.3, 0.4) is 0 Å². The zero-order valence-corrected chi connectivity index (χ0v) is 57.0. The van der Waals surface area contributed by atoms with Gasteiger partial charge in [-0.25, -0.2) is 0 Å². The SMILES string of the molecule is CC/C=C\C/C=C\C/C=C\C/C=C\C/C=C\CCCCCC(=O)NC(COC1OC(CO)C(OC2OC(CO)C(OC3OC(CO)C(O)C(O)C3O)C(O)C2O)C(O)C1O)C(O)/C=C/CC/C=C/CCCCCCCCCCCCCCCCCCCCCCCCC. The van der Waals surface area contributed by atoms with Gasteiger partial charge in [0, 0.05) is 6.42 Å². The molecule has 3 saturated heterocycles. The molecule has 3 fully saturated rings. The van der Waals surface area contributed by atoms with Crippen LogP contribution in [0.5, 0.6) is 0 Å². The molecule has 538 valence electrons. The molecular formula is C74H129NO18. The molecule has 3 heterocycles. The highest BCUT2D eigenvalue weighted by Gasteiger charge is 2.53. The minimum atomic E-state index is -1.99. The van der Waals surface area contributed by atoms with Crippen molar-refractivity contribution < 1.29 is 89.4 Å². The van der Waals surface area contributed by atoms with Gasteiger partial charge in [0.15, 0.2) is 18.9 Å². The van der Waals surface area contributed by atoms with Crippen molar-refractivity contribution >= 4 is 5.91 Å². The lowest BCUT2D eigenvalue weighted by Gasteiger charge is -2.48. The Morgan fingerprint density at radius 2 is 0.753 bits per heavy atom. The fourth-order valence-electron chi connectivity index (χ4n) is 11.8. The van der Waals surface area contributed by atoms with E-state index in [4.69, 9.17) is 28.4 Å². The highest BCUT2D eigenvalue weighted by atomic mass is 16.8. The average Bonchev–Trinajstić information content (AvgIpc) is 0.985. The van der Waals surface area contributed by atoms with Crippen LogP contribution in [-0.4, -0.2) is 193 Å². The largest absolute Gasteiger partial charge is 0.394 e. The molecule has 0 aromatic carbocycles. The summed E-state index contributed by atoms with van der Waals surface area (Å²) in [6, 6.07) is -1.01. The summed E-state index contributed by atoms with van der Waals surface area (Å²) in [5.41, 5.74) is 0. The number of ether oxygens (including phenoxy) is 6. The summed E-state index contributed by atoms with van der Waals surface area (Å²) in [4.78, 5) is 13.4. The first-order valence-corrected chi connectivity index (χ1v) is 36.3. The maximum Gasteiger partial charge on any atom is 0.220 e. The maximum atomic E-state index is 13.4. The van der Waals surface area contributed by atoms with Gasteiger partial charge in [0.25, 0.3) is 0 Å². The molecule has 12 N–H and O–H groups in total. The van der Waals surface area contributed by atoms with Gasteiger partial charge in [-0.15, -0.1) is 0 Å². The summed E-state index contributed by atoms with van der Waals surface area (Å²) in [7, 11) is 0. The Labute approximate surface area is 559 Å². The lowest BCUT2D eigenvalue weighted by molar-refractivity contribution is -0.379. The van der Waals surface area contributed by atoms with E-state index in [0.29, 0.717) is 12.8 Å². The van der Waals surface area contributed by atoms with Gasteiger partial charge in [-0.3, -0.25) is 4.79 Å². The monoisotopic (exact) mass is 1320 g/mol. The molecule has 19 nitrogen and oxygen atoms in total. The van der Waals surface area contributed by atoms with Crippen molar-refractivity contribution in [2.24, 2.45) is 0 Å². The third-order valence-corrected chi connectivity index (χ3v) is 17.7. The quantitative estimate of drug-likeness (QED) is 0.0199. The molecule has 1 amide bonds. The normalized spacial score (nSPS) is 28.0. The number of aliphatic hydroxyl groups is 11. The molecule has 3 aliphatic heterocycles. The van der Waals surface area contributed by atoms with E-state index >= 15 is 0 Å². The van der Waals surface area contributed by atoms with Crippen LogP contribution in [0.15, 0.2) is 85.1 Å². The highest BCUT2D eigenvalue weighted by molar-refractivity contribution is 5.76. The summed E-state index contributed by atoms with van der Waals surface area (Å²) in [5, 5.41) is 121. The van der Waals surface area contributed by atoms with Crippen LogP contribution in [0.1, 0.15) is 245 Å². The topological polar surface area (TPSA) is 307 Å². The smallest absolute Gasteiger partial charge is 0.220 e.